The zero-order valence-electron chi connectivity index (χ0n) is 13.5. The van der Waals surface area contributed by atoms with Crippen molar-refractivity contribution in [1.82, 2.24) is 9.80 Å². The molecule has 4 nitrogen and oxygen atoms in total. The number of benzene rings is 2. The molecule has 1 unspecified atom stereocenters. The second kappa shape index (κ2) is 8.50. The predicted octanol–water partition coefficient (Wildman–Crippen LogP) is 2.25. The molecular weight excluding hydrogens is 312 g/mol. The van der Waals surface area contributed by atoms with E-state index in [1.54, 1.807) is 0 Å². The van der Waals surface area contributed by atoms with E-state index in [1.807, 2.05) is 24.3 Å². The monoisotopic (exact) mass is 336 g/mol. The average molecular weight is 337 g/mol. The fourth-order valence-corrected chi connectivity index (χ4v) is 2.83. The van der Waals surface area contributed by atoms with Crippen molar-refractivity contribution in [2.24, 2.45) is 0 Å². The minimum Gasteiger partial charge on any atom is -0.491 e. The first kappa shape index (κ1) is 18.0. The Balaban J connectivity index is 0.00000192. The van der Waals surface area contributed by atoms with Crippen LogP contribution in [-0.4, -0.2) is 67.4 Å². The van der Waals surface area contributed by atoms with Crippen LogP contribution in [0.5, 0.6) is 5.75 Å². The molecule has 1 N–H and O–H groups in total. The predicted molar refractivity (Wildman–Crippen MR) is 96.6 cm³/mol. The smallest absolute Gasteiger partial charge is 0.120 e. The first-order valence-corrected chi connectivity index (χ1v) is 7.91. The van der Waals surface area contributed by atoms with E-state index < -0.39 is 6.10 Å². The van der Waals surface area contributed by atoms with E-state index in [0.717, 1.165) is 37.3 Å². The summed E-state index contributed by atoms with van der Waals surface area (Å²) in [4.78, 5) is 4.61. The molecule has 1 heterocycles. The fourth-order valence-electron chi connectivity index (χ4n) is 2.83. The molecule has 1 aliphatic heterocycles. The number of rotatable bonds is 5. The van der Waals surface area contributed by atoms with Crippen LogP contribution < -0.4 is 4.74 Å². The van der Waals surface area contributed by atoms with Crippen molar-refractivity contribution in [3.8, 4) is 5.75 Å². The van der Waals surface area contributed by atoms with Crippen molar-refractivity contribution >= 4 is 23.2 Å². The molecule has 126 valence electrons. The number of aliphatic hydroxyl groups excluding tert-OH is 1. The van der Waals surface area contributed by atoms with Gasteiger partial charge in [-0.05, 0) is 30.0 Å². The van der Waals surface area contributed by atoms with E-state index in [2.05, 4.69) is 35.0 Å². The third-order valence-electron chi connectivity index (χ3n) is 4.23. The quantitative estimate of drug-likeness (QED) is 0.908. The zero-order chi connectivity index (χ0) is 15.4. The van der Waals surface area contributed by atoms with Gasteiger partial charge >= 0.3 is 0 Å². The maximum Gasteiger partial charge on any atom is 0.120 e. The maximum absolute atomic E-state index is 10.2. The average Bonchev–Trinajstić information content (AvgIpc) is 2.55. The molecule has 0 aromatic heterocycles. The molecule has 0 spiro atoms. The molecule has 1 aliphatic rings. The van der Waals surface area contributed by atoms with E-state index in [1.165, 1.54) is 5.39 Å². The Kier molecular flexibility index (Phi) is 6.66. The molecule has 1 fully saturated rings. The Morgan fingerprint density at radius 3 is 2.48 bits per heavy atom. The highest BCUT2D eigenvalue weighted by Gasteiger charge is 2.17. The van der Waals surface area contributed by atoms with Gasteiger partial charge in [0, 0.05) is 32.7 Å². The number of piperazine rings is 1. The summed E-state index contributed by atoms with van der Waals surface area (Å²) < 4.78 is 5.75. The third-order valence-corrected chi connectivity index (χ3v) is 4.23. The van der Waals surface area contributed by atoms with Gasteiger partial charge in [-0.3, -0.25) is 4.90 Å². The SMILES string of the molecule is CN1CCN(CC(O)COc2ccc3ccccc3c2)CC1.Cl. The molecule has 0 amide bonds. The van der Waals surface area contributed by atoms with Crippen molar-refractivity contribution in [2.75, 3.05) is 46.4 Å². The summed E-state index contributed by atoms with van der Waals surface area (Å²) in [6.07, 6.45) is -0.449. The van der Waals surface area contributed by atoms with E-state index in [4.69, 9.17) is 4.74 Å². The molecule has 1 atom stereocenters. The molecule has 2 aromatic rings. The lowest BCUT2D eigenvalue weighted by Gasteiger charge is -2.33. The molecular formula is C18H25ClN2O2. The molecule has 0 radical (unpaired) electrons. The van der Waals surface area contributed by atoms with Gasteiger partial charge < -0.3 is 14.7 Å². The highest BCUT2D eigenvalue weighted by atomic mass is 35.5. The number of likely N-dealkylation sites (N-methyl/N-ethyl adjacent to an activating group) is 1. The van der Waals surface area contributed by atoms with Gasteiger partial charge in [0.05, 0.1) is 0 Å². The first-order valence-electron chi connectivity index (χ1n) is 7.91. The van der Waals surface area contributed by atoms with Crippen LogP contribution in [0.3, 0.4) is 0 Å². The molecule has 0 bridgehead atoms. The first-order chi connectivity index (χ1) is 10.7. The van der Waals surface area contributed by atoms with Crippen molar-refractivity contribution in [1.29, 1.82) is 0 Å². The summed E-state index contributed by atoms with van der Waals surface area (Å²) in [5, 5.41) is 12.5. The molecule has 23 heavy (non-hydrogen) atoms. The summed E-state index contributed by atoms with van der Waals surface area (Å²) in [7, 11) is 2.14. The van der Waals surface area contributed by atoms with E-state index >= 15 is 0 Å². The van der Waals surface area contributed by atoms with Crippen molar-refractivity contribution < 1.29 is 9.84 Å². The zero-order valence-corrected chi connectivity index (χ0v) is 14.3. The molecule has 5 heteroatoms. The van der Waals surface area contributed by atoms with Crippen LogP contribution >= 0.6 is 12.4 Å². The van der Waals surface area contributed by atoms with Crippen molar-refractivity contribution in [3.63, 3.8) is 0 Å². The van der Waals surface area contributed by atoms with Crippen LogP contribution in [0, 0.1) is 0 Å². The standard InChI is InChI=1S/C18H24N2O2.ClH/c1-19-8-10-20(11-9-19)13-17(21)14-22-18-7-6-15-4-2-3-5-16(15)12-18;/h2-7,12,17,21H,8-11,13-14H2,1H3;1H. The Bertz CT molecular complexity index is 615. The highest BCUT2D eigenvalue weighted by Crippen LogP contribution is 2.20. The number of β-amino-alcohol motifs (C(OH)–C–C–N with tert-alkyl or cyclic N) is 1. The second-order valence-electron chi connectivity index (χ2n) is 6.08. The van der Waals surface area contributed by atoms with E-state index in [0.29, 0.717) is 13.2 Å². The minimum atomic E-state index is -0.449. The highest BCUT2D eigenvalue weighted by molar-refractivity contribution is 5.85. The van der Waals surface area contributed by atoms with Gasteiger partial charge in [-0.2, -0.15) is 0 Å². The largest absolute Gasteiger partial charge is 0.491 e. The number of ether oxygens (including phenoxy) is 1. The van der Waals surface area contributed by atoms with Crippen LogP contribution in [0.2, 0.25) is 0 Å². The number of aliphatic hydroxyl groups is 1. The number of hydrogen-bond donors (Lipinski definition) is 1. The van der Waals surface area contributed by atoms with Gasteiger partial charge in [0.15, 0.2) is 0 Å². The van der Waals surface area contributed by atoms with Crippen LogP contribution in [0.25, 0.3) is 10.8 Å². The molecule has 3 rings (SSSR count). The van der Waals surface area contributed by atoms with Gasteiger partial charge in [0.25, 0.3) is 0 Å². The summed E-state index contributed by atoms with van der Waals surface area (Å²) in [6, 6.07) is 14.3. The van der Waals surface area contributed by atoms with Gasteiger partial charge in [0.1, 0.15) is 18.5 Å². The molecule has 0 aliphatic carbocycles. The molecule has 0 saturated carbocycles. The summed E-state index contributed by atoms with van der Waals surface area (Å²) in [5.74, 6) is 0.816. The van der Waals surface area contributed by atoms with E-state index in [-0.39, 0.29) is 12.4 Å². The van der Waals surface area contributed by atoms with E-state index in [9.17, 15) is 5.11 Å². The van der Waals surface area contributed by atoms with Crippen LogP contribution in [0.15, 0.2) is 42.5 Å². The number of fused-ring (bicyclic) bond motifs is 1. The van der Waals surface area contributed by atoms with Gasteiger partial charge in [-0.1, -0.05) is 30.3 Å². The van der Waals surface area contributed by atoms with Gasteiger partial charge in [-0.15, -0.1) is 12.4 Å². The van der Waals surface area contributed by atoms with Crippen molar-refractivity contribution in [2.45, 2.75) is 6.10 Å². The van der Waals surface area contributed by atoms with Crippen LogP contribution in [-0.2, 0) is 0 Å². The number of halogens is 1. The molecule has 2 aromatic carbocycles. The topological polar surface area (TPSA) is 35.9 Å². The summed E-state index contributed by atoms with van der Waals surface area (Å²) in [6.45, 7) is 5.19. The number of hydrogen-bond acceptors (Lipinski definition) is 4. The Labute approximate surface area is 144 Å². The molecule has 1 saturated heterocycles. The lowest BCUT2D eigenvalue weighted by molar-refractivity contribution is 0.0505. The summed E-state index contributed by atoms with van der Waals surface area (Å²) in [5.41, 5.74) is 0. The Morgan fingerprint density at radius 1 is 1.04 bits per heavy atom. The Morgan fingerprint density at radius 2 is 1.74 bits per heavy atom. The Hall–Kier alpha value is -1.33. The summed E-state index contributed by atoms with van der Waals surface area (Å²) >= 11 is 0. The maximum atomic E-state index is 10.2. The normalized spacial score (nSPS) is 17.7. The minimum absolute atomic E-state index is 0. The van der Waals surface area contributed by atoms with Crippen LogP contribution in [0.1, 0.15) is 0 Å². The number of nitrogens with zero attached hydrogens (tertiary/aromatic N) is 2. The van der Waals surface area contributed by atoms with Gasteiger partial charge in [0.2, 0.25) is 0 Å². The van der Waals surface area contributed by atoms with Gasteiger partial charge in [-0.25, -0.2) is 0 Å². The van der Waals surface area contributed by atoms with Crippen molar-refractivity contribution in [3.05, 3.63) is 42.5 Å². The lowest BCUT2D eigenvalue weighted by atomic mass is 10.1. The second-order valence-corrected chi connectivity index (χ2v) is 6.08. The lowest BCUT2D eigenvalue weighted by Crippen LogP contribution is -2.47. The third kappa shape index (κ3) is 5.08. The fraction of sp³-hybridized carbons (Fsp3) is 0.444. The van der Waals surface area contributed by atoms with Crippen LogP contribution in [0.4, 0.5) is 0 Å².